The summed E-state index contributed by atoms with van der Waals surface area (Å²) < 4.78 is 57.3. The van der Waals surface area contributed by atoms with E-state index in [-0.39, 0.29) is 33.0 Å². The Bertz CT molecular complexity index is 1600. The van der Waals surface area contributed by atoms with Crippen LogP contribution in [0.2, 0.25) is 0 Å². The van der Waals surface area contributed by atoms with Crippen LogP contribution in [0.15, 0.2) is 94.7 Å². The van der Waals surface area contributed by atoms with E-state index in [1.807, 2.05) is 0 Å². The molecule has 0 aliphatic rings. The van der Waals surface area contributed by atoms with E-state index in [4.69, 9.17) is 0 Å². The van der Waals surface area contributed by atoms with E-state index >= 15 is 0 Å². The number of carbonyl (C=O) groups is 2. The average molecular weight is 553 g/mol. The van der Waals surface area contributed by atoms with Crippen LogP contribution < -0.4 is 20.1 Å². The Balaban J connectivity index is 1.62. The molecule has 0 atom stereocenters. The van der Waals surface area contributed by atoms with Gasteiger partial charge in [0, 0.05) is 36.0 Å². The summed E-state index contributed by atoms with van der Waals surface area (Å²) in [5.41, 5.74) is 1.44. The fourth-order valence-corrected chi connectivity index (χ4v) is 5.90. The first kappa shape index (κ1) is 26.6. The number of hydrogen-bond acceptors (Lipinski definition) is 6. The van der Waals surface area contributed by atoms with Crippen molar-refractivity contribution in [3.05, 3.63) is 84.9 Å². The maximum Gasteiger partial charge on any atom is 0.261 e. The first-order valence-electron chi connectivity index (χ1n) is 11.3. The van der Waals surface area contributed by atoms with Gasteiger partial charge in [0.05, 0.1) is 21.2 Å². The highest BCUT2D eigenvalue weighted by Gasteiger charge is 2.19. The highest BCUT2D eigenvalue weighted by atomic mass is 32.2. The van der Waals surface area contributed by atoms with Gasteiger partial charge in [-0.3, -0.25) is 19.0 Å². The molecule has 0 heterocycles. The second-order valence-electron chi connectivity index (χ2n) is 8.33. The highest BCUT2D eigenvalue weighted by molar-refractivity contribution is 7.93. The third-order valence-corrected chi connectivity index (χ3v) is 8.14. The van der Waals surface area contributed by atoms with Gasteiger partial charge in [-0.05, 0) is 60.7 Å². The van der Waals surface area contributed by atoms with E-state index in [0.29, 0.717) is 22.1 Å². The van der Waals surface area contributed by atoms with E-state index in [9.17, 15) is 26.4 Å². The number of rotatable bonds is 8. The van der Waals surface area contributed by atoms with Gasteiger partial charge >= 0.3 is 0 Å². The van der Waals surface area contributed by atoms with Crippen molar-refractivity contribution < 1.29 is 26.4 Å². The van der Waals surface area contributed by atoms with Crippen LogP contribution in [0.3, 0.4) is 0 Å². The van der Waals surface area contributed by atoms with Crippen molar-refractivity contribution in [2.75, 3.05) is 20.1 Å². The fourth-order valence-electron chi connectivity index (χ4n) is 3.74. The van der Waals surface area contributed by atoms with E-state index in [2.05, 4.69) is 20.1 Å². The molecule has 196 valence electrons. The summed E-state index contributed by atoms with van der Waals surface area (Å²) in [4.78, 5) is 22.4. The monoisotopic (exact) mass is 552 g/mol. The quantitative estimate of drug-likeness (QED) is 0.255. The molecule has 0 aliphatic carbocycles. The standard InChI is InChI=1S/C26H24N4O6S2/c1-17(31)27-19-9-13-21(14-10-19)37(33,34)29-25-7-3-6-24-23(25)5-4-8-26(24)30-38(35,36)22-15-11-20(12-16-22)28-18(2)32/h3-16,29-30H,1-2H3,(H,27,31)(H,28,32). The number of carbonyl (C=O) groups excluding carboxylic acids is 2. The minimum Gasteiger partial charge on any atom is -0.326 e. The maximum atomic E-state index is 13.0. The Morgan fingerprint density at radius 2 is 0.868 bits per heavy atom. The van der Waals surface area contributed by atoms with Crippen LogP contribution >= 0.6 is 0 Å². The lowest BCUT2D eigenvalue weighted by Crippen LogP contribution is -2.15. The van der Waals surface area contributed by atoms with Crippen LogP contribution in [0.4, 0.5) is 22.7 Å². The van der Waals surface area contributed by atoms with Gasteiger partial charge in [-0.25, -0.2) is 16.8 Å². The smallest absolute Gasteiger partial charge is 0.261 e. The molecule has 10 nitrogen and oxygen atoms in total. The van der Waals surface area contributed by atoms with E-state index in [0.717, 1.165) is 0 Å². The molecule has 0 radical (unpaired) electrons. The van der Waals surface area contributed by atoms with E-state index < -0.39 is 20.0 Å². The van der Waals surface area contributed by atoms with Crippen LogP contribution in [0, 0.1) is 0 Å². The Labute approximate surface area is 220 Å². The number of nitrogens with one attached hydrogen (secondary N) is 4. The van der Waals surface area contributed by atoms with E-state index in [1.54, 1.807) is 36.4 Å². The van der Waals surface area contributed by atoms with Gasteiger partial charge in [-0.1, -0.05) is 24.3 Å². The molecule has 4 aromatic carbocycles. The number of amides is 2. The molecule has 0 unspecified atom stereocenters. The lowest BCUT2D eigenvalue weighted by Gasteiger charge is -2.15. The number of fused-ring (bicyclic) bond motifs is 1. The van der Waals surface area contributed by atoms with Crippen molar-refractivity contribution in [1.82, 2.24) is 0 Å². The predicted octanol–water partition coefficient (Wildman–Crippen LogP) is 4.36. The van der Waals surface area contributed by atoms with Crippen LogP contribution in [0.25, 0.3) is 10.8 Å². The Kier molecular flexibility index (Phi) is 7.37. The van der Waals surface area contributed by atoms with Gasteiger partial charge in [0.15, 0.2) is 0 Å². The first-order valence-corrected chi connectivity index (χ1v) is 14.2. The minimum absolute atomic E-state index is 0.0110. The third kappa shape index (κ3) is 6.10. The van der Waals surface area contributed by atoms with Gasteiger partial charge in [-0.15, -0.1) is 0 Å². The minimum atomic E-state index is -3.99. The SMILES string of the molecule is CC(=O)Nc1ccc(S(=O)(=O)Nc2cccc3c(NS(=O)(=O)c4ccc(NC(C)=O)cc4)cccc23)cc1. The molecule has 12 heteroatoms. The summed E-state index contributed by atoms with van der Waals surface area (Å²) >= 11 is 0. The van der Waals surface area contributed by atoms with Gasteiger partial charge in [0.1, 0.15) is 0 Å². The largest absolute Gasteiger partial charge is 0.326 e. The second-order valence-corrected chi connectivity index (χ2v) is 11.7. The normalized spacial score (nSPS) is 11.5. The summed E-state index contributed by atoms with van der Waals surface area (Å²) in [5.74, 6) is -0.550. The Hall–Kier alpha value is -4.42. The molecule has 0 spiro atoms. The summed E-state index contributed by atoms with van der Waals surface area (Å²) in [6, 6.07) is 21.1. The van der Waals surface area contributed by atoms with Crippen molar-refractivity contribution in [3.63, 3.8) is 0 Å². The molecular weight excluding hydrogens is 528 g/mol. The molecule has 4 aromatic rings. The van der Waals surface area contributed by atoms with Crippen molar-refractivity contribution in [2.45, 2.75) is 23.6 Å². The van der Waals surface area contributed by atoms with Gasteiger partial charge in [0.25, 0.3) is 20.0 Å². The topological polar surface area (TPSA) is 151 Å². The lowest BCUT2D eigenvalue weighted by molar-refractivity contribution is -0.115. The van der Waals surface area contributed by atoms with Crippen LogP contribution in [0.1, 0.15) is 13.8 Å². The Morgan fingerprint density at radius 3 is 1.18 bits per heavy atom. The zero-order valence-corrected chi connectivity index (χ0v) is 22.0. The van der Waals surface area contributed by atoms with Crippen molar-refractivity contribution >= 4 is 65.4 Å². The van der Waals surface area contributed by atoms with Gasteiger partial charge < -0.3 is 10.6 Å². The molecule has 4 N–H and O–H groups in total. The van der Waals surface area contributed by atoms with Crippen LogP contribution in [-0.4, -0.2) is 28.6 Å². The summed E-state index contributed by atoms with van der Waals surface area (Å²) in [7, 11) is -7.97. The number of anilines is 4. The number of hydrogen-bond donors (Lipinski definition) is 4. The number of sulfonamides is 2. The Morgan fingerprint density at radius 1 is 0.526 bits per heavy atom. The molecule has 0 saturated carbocycles. The molecule has 0 saturated heterocycles. The molecule has 4 rings (SSSR count). The van der Waals surface area contributed by atoms with Crippen LogP contribution in [0.5, 0.6) is 0 Å². The van der Waals surface area contributed by atoms with Crippen molar-refractivity contribution in [1.29, 1.82) is 0 Å². The van der Waals surface area contributed by atoms with Gasteiger partial charge in [0.2, 0.25) is 11.8 Å². The summed E-state index contributed by atoms with van der Waals surface area (Å²) in [5, 5.41) is 6.11. The average Bonchev–Trinajstić information content (AvgIpc) is 2.84. The highest BCUT2D eigenvalue weighted by Crippen LogP contribution is 2.32. The maximum absolute atomic E-state index is 13.0. The summed E-state index contributed by atoms with van der Waals surface area (Å²) in [6.45, 7) is 2.70. The van der Waals surface area contributed by atoms with Crippen molar-refractivity contribution in [2.24, 2.45) is 0 Å². The molecule has 0 bridgehead atoms. The number of benzene rings is 4. The first-order chi connectivity index (χ1) is 17.9. The van der Waals surface area contributed by atoms with Gasteiger partial charge in [-0.2, -0.15) is 0 Å². The van der Waals surface area contributed by atoms with E-state index in [1.165, 1.54) is 62.4 Å². The molecule has 38 heavy (non-hydrogen) atoms. The fraction of sp³-hybridized carbons (Fsp3) is 0.0769. The summed E-state index contributed by atoms with van der Waals surface area (Å²) in [6.07, 6.45) is 0. The van der Waals surface area contributed by atoms with Crippen LogP contribution in [-0.2, 0) is 29.6 Å². The second kappa shape index (κ2) is 10.5. The molecule has 0 aliphatic heterocycles. The molecule has 0 aromatic heterocycles. The molecule has 0 fully saturated rings. The zero-order valence-electron chi connectivity index (χ0n) is 20.3. The predicted molar refractivity (Wildman–Crippen MR) is 147 cm³/mol. The third-order valence-electron chi connectivity index (χ3n) is 5.38. The molecule has 2 amide bonds. The lowest BCUT2D eigenvalue weighted by atomic mass is 10.1. The zero-order chi connectivity index (χ0) is 27.5. The van der Waals surface area contributed by atoms with Crippen molar-refractivity contribution in [3.8, 4) is 0 Å². The molecular formula is C26H24N4O6S2.